The Hall–Kier alpha value is -3.43. The quantitative estimate of drug-likeness (QED) is 0.378. The molecule has 2 amide bonds. The van der Waals surface area contributed by atoms with E-state index in [1.807, 2.05) is 24.9 Å². The predicted molar refractivity (Wildman–Crippen MR) is 145 cm³/mol. The van der Waals surface area contributed by atoms with E-state index < -0.39 is 11.2 Å². The molecule has 2 aliphatic rings. The first-order chi connectivity index (χ1) is 18.7. The summed E-state index contributed by atoms with van der Waals surface area (Å²) in [6, 6.07) is 10.3. The van der Waals surface area contributed by atoms with Gasteiger partial charge in [-0.25, -0.2) is 4.39 Å². The molecule has 3 aromatic rings. The zero-order valence-corrected chi connectivity index (χ0v) is 22.7. The average Bonchev–Trinajstić information content (AvgIpc) is 3.23. The maximum atomic E-state index is 15.7. The molecule has 1 aromatic heterocycles. The van der Waals surface area contributed by atoms with Crippen LogP contribution >= 0.6 is 0 Å². The molecule has 8 nitrogen and oxygen atoms in total. The number of halogens is 1. The van der Waals surface area contributed by atoms with Gasteiger partial charge in [-0.05, 0) is 74.2 Å². The summed E-state index contributed by atoms with van der Waals surface area (Å²) in [6.07, 6.45) is 1.59. The van der Waals surface area contributed by atoms with Crippen molar-refractivity contribution in [2.24, 2.45) is 11.3 Å². The van der Waals surface area contributed by atoms with Gasteiger partial charge in [0.25, 0.3) is 0 Å². The Morgan fingerprint density at radius 1 is 1.23 bits per heavy atom. The lowest BCUT2D eigenvalue weighted by Gasteiger charge is -2.45. The zero-order chi connectivity index (χ0) is 27.9. The Labute approximate surface area is 227 Å². The van der Waals surface area contributed by atoms with Crippen LogP contribution in [0.2, 0.25) is 0 Å². The minimum Gasteiger partial charge on any atom is -0.508 e. The standard InChI is InChI=1S/C30H36FN3O5/c1-30-17-20-26-22(9-10-23(39-3)27(26)31)32-28(20)25(18-6-4-7-19(36)16-18)21(30)8-11-24(37)34(29(30)38)13-5-12-33(2)14-15-35/h4,6-7,9-10,16,21,25,32,35-36H,5,8,11-15,17H2,1-3H3/t21?,25-,30+/m0/s1. The summed E-state index contributed by atoms with van der Waals surface area (Å²) in [5.41, 5.74) is 1.97. The number of fused-ring (bicyclic) bond motifs is 4. The van der Waals surface area contributed by atoms with Gasteiger partial charge < -0.3 is 24.8 Å². The van der Waals surface area contributed by atoms with Crippen LogP contribution in [0.4, 0.5) is 4.39 Å². The fourth-order valence-corrected chi connectivity index (χ4v) is 6.67. The van der Waals surface area contributed by atoms with Crippen LogP contribution in [0.25, 0.3) is 10.9 Å². The van der Waals surface area contributed by atoms with Crippen LogP contribution < -0.4 is 4.74 Å². The lowest BCUT2D eigenvalue weighted by molar-refractivity contribution is -0.151. The fraction of sp³-hybridized carbons (Fsp3) is 0.467. The summed E-state index contributed by atoms with van der Waals surface area (Å²) >= 11 is 0. The number of aliphatic hydroxyl groups is 1. The van der Waals surface area contributed by atoms with Crippen molar-refractivity contribution in [3.8, 4) is 11.5 Å². The summed E-state index contributed by atoms with van der Waals surface area (Å²) in [7, 11) is 3.31. The summed E-state index contributed by atoms with van der Waals surface area (Å²) < 4.78 is 21.0. The molecular weight excluding hydrogens is 501 g/mol. The average molecular weight is 538 g/mol. The van der Waals surface area contributed by atoms with Crippen LogP contribution in [0.1, 0.15) is 48.9 Å². The van der Waals surface area contributed by atoms with Crippen molar-refractivity contribution >= 4 is 22.7 Å². The van der Waals surface area contributed by atoms with E-state index in [4.69, 9.17) is 4.74 Å². The Morgan fingerprint density at radius 2 is 2.03 bits per heavy atom. The molecule has 3 atom stereocenters. The number of aromatic amines is 1. The SMILES string of the molecule is COc1ccc2[nH]c3c(c2c1F)C[C@@]1(C)C(=O)N(CCCN(C)CCO)C(=O)CCC1[C@@H]3c1cccc(O)c1. The molecule has 3 N–H and O–H groups in total. The van der Waals surface area contributed by atoms with Crippen LogP contribution in [0.15, 0.2) is 36.4 Å². The number of H-pyrrole nitrogens is 1. The van der Waals surface area contributed by atoms with E-state index in [1.165, 1.54) is 12.0 Å². The van der Waals surface area contributed by atoms with Crippen LogP contribution in [0.3, 0.4) is 0 Å². The van der Waals surface area contributed by atoms with Gasteiger partial charge >= 0.3 is 0 Å². The van der Waals surface area contributed by atoms with Gasteiger partial charge in [0.2, 0.25) is 11.8 Å². The maximum absolute atomic E-state index is 15.7. The molecule has 0 bridgehead atoms. The number of carbonyl (C=O) groups excluding carboxylic acids is 2. The summed E-state index contributed by atoms with van der Waals surface area (Å²) in [6.45, 7) is 3.39. The zero-order valence-electron chi connectivity index (χ0n) is 22.7. The first-order valence-corrected chi connectivity index (χ1v) is 13.5. The van der Waals surface area contributed by atoms with Crippen LogP contribution in [-0.4, -0.2) is 77.2 Å². The monoisotopic (exact) mass is 537 g/mol. The molecular formula is C30H36FN3O5. The lowest BCUT2D eigenvalue weighted by Crippen LogP contribution is -2.51. The largest absolute Gasteiger partial charge is 0.508 e. The molecule has 39 heavy (non-hydrogen) atoms. The number of nitrogens with one attached hydrogen (secondary N) is 1. The minimum atomic E-state index is -0.975. The van der Waals surface area contributed by atoms with Gasteiger partial charge in [0, 0.05) is 42.0 Å². The maximum Gasteiger partial charge on any atom is 0.235 e. The smallest absolute Gasteiger partial charge is 0.235 e. The third-order valence-corrected chi connectivity index (χ3v) is 8.64. The van der Waals surface area contributed by atoms with Crippen molar-refractivity contribution in [1.29, 1.82) is 0 Å². The second-order valence-electron chi connectivity index (χ2n) is 11.1. The Morgan fingerprint density at radius 3 is 2.74 bits per heavy atom. The van der Waals surface area contributed by atoms with Crippen LogP contribution in [0, 0.1) is 17.2 Å². The second kappa shape index (κ2) is 10.6. The number of hydrogen-bond acceptors (Lipinski definition) is 6. The molecule has 0 saturated carbocycles. The summed E-state index contributed by atoms with van der Waals surface area (Å²) in [5.74, 6) is -1.29. The van der Waals surface area contributed by atoms with Crippen molar-refractivity contribution in [3.63, 3.8) is 0 Å². The van der Waals surface area contributed by atoms with Gasteiger partial charge in [0.1, 0.15) is 5.75 Å². The molecule has 9 heteroatoms. The number of likely N-dealkylation sites (tertiary alicyclic amines) is 1. The predicted octanol–water partition coefficient (Wildman–Crippen LogP) is 3.79. The minimum absolute atomic E-state index is 0.0442. The number of imide groups is 1. The Kier molecular flexibility index (Phi) is 7.39. The van der Waals surface area contributed by atoms with Gasteiger partial charge in [-0.2, -0.15) is 0 Å². The number of aliphatic hydroxyl groups excluding tert-OH is 1. The molecule has 1 aliphatic heterocycles. The highest BCUT2D eigenvalue weighted by atomic mass is 19.1. The van der Waals surface area contributed by atoms with Crippen molar-refractivity contribution in [1.82, 2.24) is 14.8 Å². The van der Waals surface area contributed by atoms with Gasteiger partial charge in [-0.1, -0.05) is 19.1 Å². The Bertz CT molecular complexity index is 1400. The highest BCUT2D eigenvalue weighted by Crippen LogP contribution is 2.55. The number of aromatic hydroxyl groups is 1. The molecule has 1 aliphatic carbocycles. The van der Waals surface area contributed by atoms with Crippen molar-refractivity contribution in [3.05, 3.63) is 59.0 Å². The van der Waals surface area contributed by atoms with E-state index in [2.05, 4.69) is 4.98 Å². The normalized spacial score (nSPS) is 23.2. The number of carbonyl (C=O) groups is 2. The number of rotatable bonds is 8. The first-order valence-electron chi connectivity index (χ1n) is 13.5. The molecule has 2 heterocycles. The Balaban J connectivity index is 1.62. The molecule has 1 unspecified atom stereocenters. The van der Waals surface area contributed by atoms with Crippen molar-refractivity contribution in [2.75, 3.05) is 40.4 Å². The number of hydrogen-bond donors (Lipinski definition) is 3. The van der Waals surface area contributed by atoms with E-state index in [1.54, 1.807) is 30.3 Å². The van der Waals surface area contributed by atoms with Gasteiger partial charge in [-0.3, -0.25) is 14.5 Å². The second-order valence-corrected chi connectivity index (χ2v) is 11.1. The number of phenolic OH excluding ortho intramolecular Hbond substituents is 1. The van der Waals surface area contributed by atoms with Crippen LogP contribution in [-0.2, 0) is 16.0 Å². The number of ether oxygens (including phenoxy) is 1. The molecule has 208 valence electrons. The molecule has 0 radical (unpaired) electrons. The number of amides is 2. The van der Waals surface area contributed by atoms with Crippen molar-refractivity contribution < 1.29 is 28.9 Å². The molecule has 1 fully saturated rings. The number of nitrogens with zero attached hydrogens (tertiary/aromatic N) is 2. The van der Waals surface area contributed by atoms with E-state index in [0.29, 0.717) is 42.4 Å². The number of methoxy groups -OCH3 is 1. The van der Waals surface area contributed by atoms with E-state index >= 15 is 4.39 Å². The van der Waals surface area contributed by atoms with Gasteiger partial charge in [-0.15, -0.1) is 0 Å². The molecule has 0 spiro atoms. The molecule has 2 aromatic carbocycles. The summed E-state index contributed by atoms with van der Waals surface area (Å²) in [5, 5.41) is 19.9. The third kappa shape index (κ3) is 4.67. The summed E-state index contributed by atoms with van der Waals surface area (Å²) in [4.78, 5) is 34.4. The van der Waals surface area contributed by atoms with Gasteiger partial charge in [0.15, 0.2) is 11.6 Å². The first kappa shape index (κ1) is 27.1. The molecule has 5 rings (SSSR count). The van der Waals surface area contributed by atoms with Crippen LogP contribution in [0.5, 0.6) is 11.5 Å². The third-order valence-electron chi connectivity index (χ3n) is 8.64. The lowest BCUT2D eigenvalue weighted by atomic mass is 9.59. The highest BCUT2D eigenvalue weighted by molar-refractivity contribution is 6.00. The number of phenols is 1. The van der Waals surface area contributed by atoms with E-state index in [-0.39, 0.29) is 61.1 Å². The number of aromatic nitrogens is 1. The van der Waals surface area contributed by atoms with Crippen molar-refractivity contribution in [2.45, 2.75) is 38.5 Å². The fourth-order valence-electron chi connectivity index (χ4n) is 6.67. The molecule has 1 saturated heterocycles. The number of benzene rings is 2. The van der Waals surface area contributed by atoms with E-state index in [9.17, 15) is 19.8 Å². The van der Waals surface area contributed by atoms with Gasteiger partial charge in [0.05, 0.1) is 19.1 Å². The number of likely N-dealkylation sites (N-methyl/N-ethyl adjacent to an activating group) is 1. The van der Waals surface area contributed by atoms with E-state index in [0.717, 1.165) is 11.3 Å². The highest BCUT2D eigenvalue weighted by Gasteiger charge is 2.54. The topological polar surface area (TPSA) is 106 Å².